The van der Waals surface area contributed by atoms with Gasteiger partial charge in [0.15, 0.2) is 0 Å². The number of rotatable bonds is 5. The Hall–Kier alpha value is -1.65. The van der Waals surface area contributed by atoms with Crippen LogP contribution in [0.15, 0.2) is 46.9 Å². The third kappa shape index (κ3) is 4.41. The first-order valence-corrected chi connectivity index (χ1v) is 7.71. The van der Waals surface area contributed by atoms with E-state index in [0.717, 1.165) is 22.0 Å². The van der Waals surface area contributed by atoms with E-state index in [-0.39, 0.29) is 5.91 Å². The van der Waals surface area contributed by atoms with Gasteiger partial charge in [-0.05, 0) is 54.8 Å². The number of carbonyl (C=O) groups is 1. The van der Waals surface area contributed by atoms with Gasteiger partial charge in [0.2, 0.25) is 0 Å². The van der Waals surface area contributed by atoms with Gasteiger partial charge in [-0.3, -0.25) is 4.79 Å². The van der Waals surface area contributed by atoms with E-state index >= 15 is 0 Å². The van der Waals surface area contributed by atoms with E-state index in [1.165, 1.54) is 5.56 Å². The van der Waals surface area contributed by atoms with E-state index < -0.39 is 0 Å². The van der Waals surface area contributed by atoms with Crippen LogP contribution in [0.4, 0.5) is 0 Å². The molecule has 21 heavy (non-hydrogen) atoms. The molecule has 4 heteroatoms. The van der Waals surface area contributed by atoms with Crippen LogP contribution in [0.3, 0.4) is 0 Å². The standard InChI is InChI=1S/C17H19BrN2O/c1-12-10-15(6-7-16(12)18)17(21)20-11-14-4-2-13(3-5-14)8-9-19/h2-7,10H,8-9,11,19H2,1H3,(H,20,21). The summed E-state index contributed by atoms with van der Waals surface area (Å²) in [6.07, 6.45) is 0.880. The summed E-state index contributed by atoms with van der Waals surface area (Å²) >= 11 is 3.43. The summed E-state index contributed by atoms with van der Waals surface area (Å²) < 4.78 is 1.01. The number of benzene rings is 2. The number of aryl methyl sites for hydroxylation is 1. The number of amides is 1. The van der Waals surface area contributed by atoms with E-state index in [1.807, 2.05) is 37.3 Å². The molecule has 0 aliphatic carbocycles. The molecule has 0 saturated carbocycles. The first-order valence-electron chi connectivity index (χ1n) is 6.92. The zero-order valence-corrected chi connectivity index (χ0v) is 13.6. The summed E-state index contributed by atoms with van der Waals surface area (Å²) in [5, 5.41) is 2.93. The molecule has 0 fully saturated rings. The van der Waals surface area contributed by atoms with Crippen LogP contribution in [0.1, 0.15) is 27.0 Å². The van der Waals surface area contributed by atoms with Crippen molar-refractivity contribution < 1.29 is 4.79 Å². The highest BCUT2D eigenvalue weighted by Crippen LogP contribution is 2.17. The number of nitrogens with two attached hydrogens (primary N) is 1. The SMILES string of the molecule is Cc1cc(C(=O)NCc2ccc(CCN)cc2)ccc1Br. The maximum Gasteiger partial charge on any atom is 0.251 e. The Kier molecular flexibility index (Phi) is 5.53. The molecule has 0 bridgehead atoms. The number of halogens is 1. The van der Waals surface area contributed by atoms with Crippen LogP contribution in [0.2, 0.25) is 0 Å². The first-order chi connectivity index (χ1) is 10.1. The van der Waals surface area contributed by atoms with Crippen molar-refractivity contribution in [2.45, 2.75) is 19.9 Å². The lowest BCUT2D eigenvalue weighted by Crippen LogP contribution is -2.22. The third-order valence-electron chi connectivity index (χ3n) is 3.33. The van der Waals surface area contributed by atoms with E-state index in [9.17, 15) is 4.79 Å². The van der Waals surface area contributed by atoms with Gasteiger partial charge in [-0.2, -0.15) is 0 Å². The number of carbonyl (C=O) groups excluding carboxylic acids is 1. The van der Waals surface area contributed by atoms with Crippen molar-refractivity contribution in [1.82, 2.24) is 5.32 Å². The Morgan fingerprint density at radius 3 is 2.43 bits per heavy atom. The molecule has 2 aromatic rings. The van der Waals surface area contributed by atoms with Gasteiger partial charge in [0.1, 0.15) is 0 Å². The average molecular weight is 347 g/mol. The van der Waals surface area contributed by atoms with Crippen LogP contribution in [-0.4, -0.2) is 12.5 Å². The second-order valence-corrected chi connectivity index (χ2v) is 5.86. The Balaban J connectivity index is 1.95. The molecule has 0 aliphatic rings. The topological polar surface area (TPSA) is 55.1 Å². The van der Waals surface area contributed by atoms with Crippen LogP contribution in [0, 0.1) is 6.92 Å². The summed E-state index contributed by atoms with van der Waals surface area (Å²) in [6, 6.07) is 13.7. The summed E-state index contributed by atoms with van der Waals surface area (Å²) in [4.78, 5) is 12.1. The summed E-state index contributed by atoms with van der Waals surface area (Å²) in [7, 11) is 0. The van der Waals surface area contributed by atoms with Crippen molar-refractivity contribution in [3.63, 3.8) is 0 Å². The van der Waals surface area contributed by atoms with Crippen molar-refractivity contribution >= 4 is 21.8 Å². The zero-order chi connectivity index (χ0) is 15.2. The minimum Gasteiger partial charge on any atom is -0.348 e. The lowest BCUT2D eigenvalue weighted by molar-refractivity contribution is 0.0951. The van der Waals surface area contributed by atoms with Crippen LogP contribution >= 0.6 is 15.9 Å². The average Bonchev–Trinajstić information content (AvgIpc) is 2.49. The molecule has 0 aromatic heterocycles. The first kappa shape index (κ1) is 15.7. The predicted molar refractivity (Wildman–Crippen MR) is 89.2 cm³/mol. The van der Waals surface area contributed by atoms with Gasteiger partial charge in [0.05, 0.1) is 0 Å². The zero-order valence-electron chi connectivity index (χ0n) is 12.0. The molecular formula is C17H19BrN2O. The molecule has 0 heterocycles. The molecule has 0 unspecified atom stereocenters. The monoisotopic (exact) mass is 346 g/mol. The maximum absolute atomic E-state index is 12.1. The van der Waals surface area contributed by atoms with Crippen molar-refractivity contribution in [1.29, 1.82) is 0 Å². The quantitative estimate of drug-likeness (QED) is 0.873. The molecule has 0 aliphatic heterocycles. The molecule has 2 rings (SSSR count). The molecule has 1 amide bonds. The Morgan fingerprint density at radius 1 is 1.14 bits per heavy atom. The van der Waals surface area contributed by atoms with Crippen molar-refractivity contribution in [2.24, 2.45) is 5.73 Å². The minimum absolute atomic E-state index is 0.0587. The molecule has 0 atom stereocenters. The molecule has 3 N–H and O–H groups in total. The third-order valence-corrected chi connectivity index (χ3v) is 4.22. The second-order valence-electron chi connectivity index (χ2n) is 5.00. The summed E-state index contributed by atoms with van der Waals surface area (Å²) in [6.45, 7) is 3.15. The van der Waals surface area contributed by atoms with Crippen molar-refractivity contribution in [3.05, 3.63) is 69.2 Å². The molecule has 0 radical (unpaired) electrons. The highest BCUT2D eigenvalue weighted by atomic mass is 79.9. The van der Waals surface area contributed by atoms with E-state index in [0.29, 0.717) is 18.7 Å². The molecule has 2 aromatic carbocycles. The second kappa shape index (κ2) is 7.38. The molecule has 0 spiro atoms. The minimum atomic E-state index is -0.0587. The highest BCUT2D eigenvalue weighted by molar-refractivity contribution is 9.10. The van der Waals surface area contributed by atoms with Gasteiger partial charge in [0, 0.05) is 16.6 Å². The van der Waals surface area contributed by atoms with Crippen LogP contribution < -0.4 is 11.1 Å². The summed E-state index contributed by atoms with van der Waals surface area (Å²) in [5.74, 6) is -0.0587. The molecule has 0 saturated heterocycles. The normalized spacial score (nSPS) is 10.4. The lowest BCUT2D eigenvalue weighted by Gasteiger charge is -2.08. The molecule has 110 valence electrons. The van der Waals surface area contributed by atoms with Crippen LogP contribution in [0.5, 0.6) is 0 Å². The Morgan fingerprint density at radius 2 is 1.81 bits per heavy atom. The molecular weight excluding hydrogens is 328 g/mol. The van der Waals surface area contributed by atoms with Crippen molar-refractivity contribution in [2.75, 3.05) is 6.54 Å². The van der Waals surface area contributed by atoms with Gasteiger partial charge >= 0.3 is 0 Å². The molecule has 3 nitrogen and oxygen atoms in total. The Bertz CT molecular complexity index is 623. The number of hydrogen-bond acceptors (Lipinski definition) is 2. The van der Waals surface area contributed by atoms with Gasteiger partial charge < -0.3 is 11.1 Å². The van der Waals surface area contributed by atoms with Crippen LogP contribution in [-0.2, 0) is 13.0 Å². The summed E-state index contributed by atoms with van der Waals surface area (Å²) in [5.41, 5.74) is 9.55. The Labute approximate surface area is 133 Å². The highest BCUT2D eigenvalue weighted by Gasteiger charge is 2.06. The van der Waals surface area contributed by atoms with Gasteiger partial charge in [-0.1, -0.05) is 40.2 Å². The van der Waals surface area contributed by atoms with Crippen molar-refractivity contribution in [3.8, 4) is 0 Å². The smallest absolute Gasteiger partial charge is 0.251 e. The fourth-order valence-corrected chi connectivity index (χ4v) is 2.31. The maximum atomic E-state index is 12.1. The van der Waals surface area contributed by atoms with E-state index in [1.54, 1.807) is 0 Å². The van der Waals surface area contributed by atoms with Gasteiger partial charge in [-0.25, -0.2) is 0 Å². The number of nitrogens with one attached hydrogen (secondary N) is 1. The lowest BCUT2D eigenvalue weighted by atomic mass is 10.1. The van der Waals surface area contributed by atoms with Gasteiger partial charge in [-0.15, -0.1) is 0 Å². The van der Waals surface area contributed by atoms with E-state index in [4.69, 9.17) is 5.73 Å². The number of hydrogen-bond donors (Lipinski definition) is 2. The largest absolute Gasteiger partial charge is 0.348 e. The van der Waals surface area contributed by atoms with Crippen LogP contribution in [0.25, 0.3) is 0 Å². The fraction of sp³-hybridized carbons (Fsp3) is 0.235. The fourth-order valence-electron chi connectivity index (χ4n) is 2.06. The van der Waals surface area contributed by atoms with E-state index in [2.05, 4.69) is 33.4 Å². The van der Waals surface area contributed by atoms with Gasteiger partial charge in [0.25, 0.3) is 5.91 Å². The predicted octanol–water partition coefficient (Wildman–Crippen LogP) is 3.19.